The van der Waals surface area contributed by atoms with E-state index in [1.165, 1.54) is 6.08 Å². The number of carbonyl (C=O) groups is 1. The van der Waals surface area contributed by atoms with E-state index in [0.717, 1.165) is 13.1 Å². The van der Waals surface area contributed by atoms with Crippen molar-refractivity contribution in [2.75, 3.05) is 57.2 Å². The molecule has 1 fully saturated rings. The van der Waals surface area contributed by atoms with Gasteiger partial charge in [0.15, 0.2) is 0 Å². The lowest BCUT2D eigenvalue weighted by atomic mass is 10.0. The molecule has 0 saturated carbocycles. The first-order valence-electron chi connectivity index (χ1n) is 12.9. The number of methoxy groups -OCH3 is 1. The molecule has 2 heterocycles. The minimum absolute atomic E-state index is 0.279. The fourth-order valence-corrected chi connectivity index (χ4v) is 4.63. The Kier molecular flexibility index (Phi) is 9.60. The van der Waals surface area contributed by atoms with Crippen LogP contribution in [0.25, 0.3) is 10.9 Å². The molecule has 10 heteroatoms. The molecular weight excluding hydrogens is 518 g/mol. The van der Waals surface area contributed by atoms with Gasteiger partial charge in [-0.05, 0) is 37.6 Å². The maximum absolute atomic E-state index is 12.8. The number of morpholine rings is 1. The molecular formula is C29H32ClN5O4. The van der Waals surface area contributed by atoms with E-state index >= 15 is 0 Å². The highest BCUT2D eigenvalue weighted by Gasteiger charge is 2.19. The number of anilines is 3. The fourth-order valence-electron chi connectivity index (χ4n) is 4.38. The fraction of sp³-hybridized carbons (Fsp3) is 0.345. The predicted molar refractivity (Wildman–Crippen MR) is 153 cm³/mol. The number of nitrogens with one attached hydrogen (secondary N) is 2. The summed E-state index contributed by atoms with van der Waals surface area (Å²) in [5.74, 6) is 0.765. The lowest BCUT2D eigenvalue weighted by molar-refractivity contribution is -0.111. The van der Waals surface area contributed by atoms with E-state index in [4.69, 9.17) is 30.8 Å². The Morgan fingerprint density at radius 2 is 2.03 bits per heavy atom. The molecule has 0 aliphatic carbocycles. The Balaban J connectivity index is 1.72. The van der Waals surface area contributed by atoms with Crippen molar-refractivity contribution in [2.24, 2.45) is 0 Å². The monoisotopic (exact) mass is 549 g/mol. The van der Waals surface area contributed by atoms with Crippen molar-refractivity contribution >= 4 is 45.5 Å². The van der Waals surface area contributed by atoms with Crippen LogP contribution < -0.4 is 20.1 Å². The van der Waals surface area contributed by atoms with Gasteiger partial charge in [0.1, 0.15) is 17.6 Å². The number of benzene rings is 2. The zero-order valence-corrected chi connectivity index (χ0v) is 23.1. The SMILES string of the molecule is CCOc1cc2nc(CC)c(C#N)c(Nc3ccc(OC)c(Cl)c3)c2cc1NC(=O)/C=C/CN1CCOCC1. The van der Waals surface area contributed by atoms with Crippen molar-refractivity contribution in [1.82, 2.24) is 9.88 Å². The molecule has 0 spiro atoms. The van der Waals surface area contributed by atoms with Gasteiger partial charge in [-0.1, -0.05) is 24.6 Å². The number of nitrogens with zero attached hydrogens (tertiary/aromatic N) is 3. The highest BCUT2D eigenvalue weighted by atomic mass is 35.5. The standard InChI is InChI=1S/C29H32ClN5O4/c1-4-23-21(18-31)29(32-19-8-9-26(37-3)22(30)15-19)20-16-25(27(39-5-2)17-24(20)33-23)34-28(36)7-6-10-35-11-13-38-14-12-35/h6-9,15-17H,4-5,10-14H2,1-3H3,(H,32,33)(H,34,36)/b7-6+. The quantitative estimate of drug-likeness (QED) is 0.328. The number of fused-ring (bicyclic) bond motifs is 1. The first-order chi connectivity index (χ1) is 19.0. The molecule has 1 aromatic heterocycles. The Morgan fingerprint density at radius 3 is 2.69 bits per heavy atom. The molecule has 9 nitrogen and oxygen atoms in total. The lowest BCUT2D eigenvalue weighted by Crippen LogP contribution is -2.36. The van der Waals surface area contributed by atoms with Crippen LogP contribution in [-0.2, 0) is 16.0 Å². The van der Waals surface area contributed by atoms with E-state index in [1.54, 1.807) is 31.4 Å². The smallest absolute Gasteiger partial charge is 0.248 e. The van der Waals surface area contributed by atoms with E-state index in [-0.39, 0.29) is 5.91 Å². The van der Waals surface area contributed by atoms with E-state index in [1.807, 2.05) is 26.0 Å². The normalized spacial score (nSPS) is 13.8. The number of aromatic nitrogens is 1. The zero-order chi connectivity index (χ0) is 27.8. The van der Waals surface area contributed by atoms with E-state index < -0.39 is 0 Å². The van der Waals surface area contributed by atoms with Crippen molar-refractivity contribution in [2.45, 2.75) is 20.3 Å². The first-order valence-corrected chi connectivity index (χ1v) is 13.3. The third-order valence-corrected chi connectivity index (χ3v) is 6.62. The molecule has 0 unspecified atom stereocenters. The average molecular weight is 550 g/mol. The molecule has 0 bridgehead atoms. The van der Waals surface area contributed by atoms with Crippen molar-refractivity contribution in [3.63, 3.8) is 0 Å². The maximum atomic E-state index is 12.8. The topological polar surface area (TPSA) is 109 Å². The Hall–Kier alpha value is -3.84. The number of halogens is 1. The molecule has 2 N–H and O–H groups in total. The van der Waals surface area contributed by atoms with Crippen LogP contribution in [0.2, 0.25) is 5.02 Å². The Labute approximate surface area is 233 Å². The summed E-state index contributed by atoms with van der Waals surface area (Å²) < 4.78 is 16.5. The number of hydrogen-bond donors (Lipinski definition) is 2. The molecule has 1 aliphatic heterocycles. The molecule has 1 amide bonds. The minimum atomic E-state index is -0.279. The summed E-state index contributed by atoms with van der Waals surface area (Å²) in [6, 6.07) is 11.2. The third kappa shape index (κ3) is 6.79. The molecule has 0 atom stereocenters. The van der Waals surface area contributed by atoms with Gasteiger partial charge in [0, 0.05) is 42.9 Å². The molecule has 4 rings (SSSR count). The zero-order valence-electron chi connectivity index (χ0n) is 22.3. The van der Waals surface area contributed by atoms with Crippen LogP contribution in [-0.4, -0.2) is 62.4 Å². The van der Waals surface area contributed by atoms with Crippen LogP contribution in [0.4, 0.5) is 17.1 Å². The van der Waals surface area contributed by atoms with Gasteiger partial charge in [-0.3, -0.25) is 14.7 Å². The van der Waals surface area contributed by atoms with Crippen molar-refractivity contribution in [3.8, 4) is 17.6 Å². The summed E-state index contributed by atoms with van der Waals surface area (Å²) in [4.78, 5) is 19.8. The Morgan fingerprint density at radius 1 is 1.23 bits per heavy atom. The van der Waals surface area contributed by atoms with Crippen LogP contribution >= 0.6 is 11.6 Å². The lowest BCUT2D eigenvalue weighted by Gasteiger charge is -2.25. The van der Waals surface area contributed by atoms with Crippen LogP contribution in [0.15, 0.2) is 42.5 Å². The molecule has 0 radical (unpaired) electrons. The van der Waals surface area contributed by atoms with Crippen LogP contribution in [0, 0.1) is 11.3 Å². The molecule has 39 heavy (non-hydrogen) atoms. The maximum Gasteiger partial charge on any atom is 0.248 e. The van der Waals surface area contributed by atoms with Crippen molar-refractivity contribution in [1.29, 1.82) is 5.26 Å². The van der Waals surface area contributed by atoms with Gasteiger partial charge in [0.2, 0.25) is 5.91 Å². The predicted octanol–water partition coefficient (Wildman–Crippen LogP) is 5.30. The number of aryl methyl sites for hydroxylation is 1. The van der Waals surface area contributed by atoms with Gasteiger partial charge in [0.25, 0.3) is 0 Å². The molecule has 2 aromatic carbocycles. The number of carbonyl (C=O) groups excluding carboxylic acids is 1. The first kappa shape index (κ1) is 28.2. The highest BCUT2D eigenvalue weighted by Crippen LogP contribution is 2.38. The minimum Gasteiger partial charge on any atom is -0.495 e. The number of rotatable bonds is 10. The second-order valence-corrected chi connectivity index (χ2v) is 9.26. The number of amides is 1. The molecule has 3 aromatic rings. The van der Waals surface area contributed by atoms with Gasteiger partial charge in [-0.15, -0.1) is 0 Å². The summed E-state index contributed by atoms with van der Waals surface area (Å²) in [5.41, 5.74) is 3.44. The Bertz CT molecular complexity index is 1410. The van der Waals surface area contributed by atoms with Gasteiger partial charge in [-0.2, -0.15) is 5.26 Å². The van der Waals surface area contributed by atoms with E-state index in [9.17, 15) is 10.1 Å². The number of hydrogen-bond acceptors (Lipinski definition) is 8. The largest absolute Gasteiger partial charge is 0.495 e. The highest BCUT2D eigenvalue weighted by molar-refractivity contribution is 6.32. The van der Waals surface area contributed by atoms with Crippen LogP contribution in [0.5, 0.6) is 11.5 Å². The second-order valence-electron chi connectivity index (χ2n) is 8.85. The average Bonchev–Trinajstić information content (AvgIpc) is 2.94. The van der Waals surface area contributed by atoms with Gasteiger partial charge in [0.05, 0.1) is 60.1 Å². The number of nitriles is 1. The van der Waals surface area contributed by atoms with Crippen LogP contribution in [0.3, 0.4) is 0 Å². The van der Waals surface area contributed by atoms with Gasteiger partial charge < -0.3 is 24.8 Å². The number of pyridine rings is 1. The van der Waals surface area contributed by atoms with Crippen molar-refractivity contribution in [3.05, 3.63) is 58.8 Å². The van der Waals surface area contributed by atoms with Gasteiger partial charge >= 0.3 is 0 Å². The molecule has 1 saturated heterocycles. The van der Waals surface area contributed by atoms with Gasteiger partial charge in [-0.25, -0.2) is 0 Å². The van der Waals surface area contributed by atoms with Crippen LogP contribution in [0.1, 0.15) is 25.1 Å². The summed E-state index contributed by atoms with van der Waals surface area (Å²) in [6.07, 6.45) is 3.92. The summed E-state index contributed by atoms with van der Waals surface area (Å²) in [5, 5.41) is 17.5. The summed E-state index contributed by atoms with van der Waals surface area (Å²) in [6.45, 7) is 7.99. The van der Waals surface area contributed by atoms with E-state index in [2.05, 4.69) is 21.6 Å². The molecule has 204 valence electrons. The number of ether oxygens (including phenoxy) is 3. The third-order valence-electron chi connectivity index (χ3n) is 6.32. The second kappa shape index (κ2) is 13.3. The summed E-state index contributed by atoms with van der Waals surface area (Å²) >= 11 is 6.35. The summed E-state index contributed by atoms with van der Waals surface area (Å²) in [7, 11) is 1.55. The molecule has 1 aliphatic rings. The van der Waals surface area contributed by atoms with E-state index in [0.29, 0.717) is 88.5 Å². The van der Waals surface area contributed by atoms with Crippen molar-refractivity contribution < 1.29 is 19.0 Å².